The maximum Gasteiger partial charge on any atom is 0.436 e. The van der Waals surface area contributed by atoms with Crippen LogP contribution in [-0.2, 0) is 11.8 Å². The number of carbonyl (C=O) groups excluding carboxylic acids is 1. The summed E-state index contributed by atoms with van der Waals surface area (Å²) >= 11 is 17.7. The van der Waals surface area contributed by atoms with Gasteiger partial charge in [-0.15, -0.1) is 0 Å². The van der Waals surface area contributed by atoms with E-state index in [0.29, 0.717) is 0 Å². The molecule has 3 rings (SSSR count). The number of fused-ring (bicyclic) bond motifs is 1. The predicted molar refractivity (Wildman–Crippen MR) is 80.6 cm³/mol. The number of hydrogen-bond acceptors (Lipinski definition) is 5. The number of aryl methyl sites for hydroxylation is 1. The Morgan fingerprint density at radius 3 is 2.52 bits per heavy atom. The monoisotopic (exact) mass is 376 g/mol. The summed E-state index contributed by atoms with van der Waals surface area (Å²) < 4.78 is 11.4. The van der Waals surface area contributed by atoms with Crippen molar-refractivity contribution >= 4 is 46.6 Å². The van der Waals surface area contributed by atoms with Crippen LogP contribution in [-0.4, -0.2) is 31.9 Å². The topological polar surface area (TPSA) is 90.7 Å². The van der Waals surface area contributed by atoms with E-state index in [2.05, 4.69) is 5.10 Å². The summed E-state index contributed by atoms with van der Waals surface area (Å²) in [6, 6.07) is 2.58. The number of carbonyl (C=O) groups is 2. The van der Waals surface area contributed by atoms with Gasteiger partial charge in [0.25, 0.3) is 0 Å². The molecule has 2 heterocycles. The van der Waals surface area contributed by atoms with E-state index in [9.17, 15) is 9.59 Å². The molecule has 1 aliphatic heterocycles. The van der Waals surface area contributed by atoms with E-state index in [1.807, 2.05) is 0 Å². The predicted octanol–water partition coefficient (Wildman–Crippen LogP) is 2.71. The highest BCUT2D eigenvalue weighted by Gasteiger charge is 2.49. The van der Waals surface area contributed by atoms with Crippen molar-refractivity contribution in [1.29, 1.82) is 0 Å². The summed E-state index contributed by atoms with van der Waals surface area (Å²) in [5, 5.41) is 10.6. The van der Waals surface area contributed by atoms with Crippen molar-refractivity contribution in [1.82, 2.24) is 9.78 Å². The molecule has 23 heavy (non-hydrogen) atoms. The van der Waals surface area contributed by atoms with Crippen LogP contribution < -0.4 is 9.47 Å². The molecule has 1 aliphatic rings. The Bertz CT molecular complexity index is 831. The standard InChI is InChI=1S/C13H7Cl3N2O5/c1-18-9(7(15)4-17-18)10(19)5-2-6(14)11-8(3-5)22-13(16,23-11)12(20)21/h2-4H,1H3,(H,20,21). The van der Waals surface area contributed by atoms with E-state index in [0.717, 1.165) is 0 Å². The first-order valence-electron chi connectivity index (χ1n) is 6.09. The highest BCUT2D eigenvalue weighted by molar-refractivity contribution is 6.36. The lowest BCUT2D eigenvalue weighted by Crippen LogP contribution is -2.40. The third-order valence-electron chi connectivity index (χ3n) is 3.11. The Morgan fingerprint density at radius 1 is 1.26 bits per heavy atom. The van der Waals surface area contributed by atoms with E-state index >= 15 is 0 Å². The SMILES string of the molecule is Cn1ncc(Cl)c1C(=O)c1cc(Cl)c2c(c1)OC(Cl)(C(=O)O)O2. The number of ether oxygens (including phenoxy) is 2. The van der Waals surface area contributed by atoms with E-state index in [-0.39, 0.29) is 32.8 Å². The van der Waals surface area contributed by atoms with Gasteiger partial charge in [-0.1, -0.05) is 23.2 Å². The van der Waals surface area contributed by atoms with Gasteiger partial charge in [0.05, 0.1) is 16.2 Å². The maximum atomic E-state index is 12.5. The fourth-order valence-corrected chi connectivity index (χ4v) is 2.72. The Balaban J connectivity index is 2.05. The number of benzene rings is 1. The fourth-order valence-electron chi connectivity index (χ4n) is 2.06. The zero-order chi connectivity index (χ0) is 16.9. The Kier molecular flexibility index (Phi) is 3.66. The van der Waals surface area contributed by atoms with Crippen LogP contribution in [0.5, 0.6) is 11.5 Å². The molecule has 0 spiro atoms. The van der Waals surface area contributed by atoms with Crippen LogP contribution in [0.3, 0.4) is 0 Å². The third kappa shape index (κ3) is 2.50. The van der Waals surface area contributed by atoms with Gasteiger partial charge < -0.3 is 14.6 Å². The number of aromatic nitrogens is 2. The number of nitrogens with zero attached hydrogens (tertiary/aromatic N) is 2. The van der Waals surface area contributed by atoms with Gasteiger partial charge in [-0.2, -0.15) is 5.10 Å². The minimum Gasteiger partial charge on any atom is -0.474 e. The second-order valence-electron chi connectivity index (χ2n) is 4.62. The lowest BCUT2D eigenvalue weighted by atomic mass is 10.1. The van der Waals surface area contributed by atoms with Gasteiger partial charge in [0.1, 0.15) is 5.69 Å². The van der Waals surface area contributed by atoms with Crippen molar-refractivity contribution in [2.75, 3.05) is 0 Å². The van der Waals surface area contributed by atoms with Crippen LogP contribution in [0.4, 0.5) is 0 Å². The van der Waals surface area contributed by atoms with Crippen molar-refractivity contribution in [2.45, 2.75) is 5.25 Å². The lowest BCUT2D eigenvalue weighted by Gasteiger charge is -2.13. The first-order valence-corrected chi connectivity index (χ1v) is 7.22. The molecule has 0 fully saturated rings. The third-order valence-corrected chi connectivity index (χ3v) is 3.98. The number of ketones is 1. The van der Waals surface area contributed by atoms with Gasteiger partial charge in [-0.25, -0.2) is 4.79 Å². The average molecular weight is 378 g/mol. The number of carboxylic acid groups (broad SMARTS) is 1. The number of rotatable bonds is 3. The normalized spacial score (nSPS) is 19.0. The van der Waals surface area contributed by atoms with Gasteiger partial charge in [0.2, 0.25) is 5.78 Å². The first kappa shape index (κ1) is 15.9. The van der Waals surface area contributed by atoms with Gasteiger partial charge >= 0.3 is 11.2 Å². The van der Waals surface area contributed by atoms with E-state index in [1.54, 1.807) is 7.05 Å². The van der Waals surface area contributed by atoms with Gasteiger partial charge in [0.15, 0.2) is 11.5 Å². The molecule has 10 heteroatoms. The molecule has 0 amide bonds. The Labute approximate surface area is 144 Å². The smallest absolute Gasteiger partial charge is 0.436 e. The summed E-state index contributed by atoms with van der Waals surface area (Å²) in [6.45, 7) is 0. The molecule has 0 aliphatic carbocycles. The molecule has 1 atom stereocenters. The molecular formula is C13H7Cl3N2O5. The van der Waals surface area contributed by atoms with E-state index in [1.165, 1.54) is 23.0 Å². The molecule has 120 valence electrons. The summed E-state index contributed by atoms with van der Waals surface area (Å²) in [7, 11) is 1.56. The molecule has 2 aromatic rings. The zero-order valence-electron chi connectivity index (χ0n) is 11.3. The van der Waals surface area contributed by atoms with Crippen LogP contribution in [0.25, 0.3) is 0 Å². The highest BCUT2D eigenvalue weighted by Crippen LogP contribution is 2.47. The first-order chi connectivity index (χ1) is 10.7. The molecular weight excluding hydrogens is 371 g/mol. The largest absolute Gasteiger partial charge is 0.474 e. The quantitative estimate of drug-likeness (QED) is 0.653. The summed E-state index contributed by atoms with van der Waals surface area (Å²) in [5.74, 6) is -2.13. The van der Waals surface area contributed by atoms with Gasteiger partial charge in [-0.05, 0) is 23.7 Å². The molecule has 7 nitrogen and oxygen atoms in total. The molecule has 0 bridgehead atoms. The van der Waals surface area contributed by atoms with Crippen LogP contribution in [0.15, 0.2) is 18.3 Å². The molecule has 0 saturated heterocycles. The Hall–Kier alpha value is -1.96. The molecule has 0 radical (unpaired) electrons. The number of alkyl halides is 1. The van der Waals surface area contributed by atoms with Crippen molar-refractivity contribution in [3.05, 3.63) is 39.6 Å². The zero-order valence-corrected chi connectivity index (χ0v) is 13.6. The van der Waals surface area contributed by atoms with Crippen molar-refractivity contribution in [2.24, 2.45) is 7.05 Å². The van der Waals surface area contributed by atoms with Gasteiger partial charge in [-0.3, -0.25) is 9.48 Å². The van der Waals surface area contributed by atoms with Crippen molar-refractivity contribution in [3.8, 4) is 11.5 Å². The van der Waals surface area contributed by atoms with Crippen LogP contribution in [0.2, 0.25) is 10.0 Å². The van der Waals surface area contributed by atoms with Crippen molar-refractivity contribution < 1.29 is 24.2 Å². The lowest BCUT2D eigenvalue weighted by molar-refractivity contribution is -0.161. The number of carboxylic acids is 1. The van der Waals surface area contributed by atoms with Gasteiger partial charge in [0, 0.05) is 12.6 Å². The second-order valence-corrected chi connectivity index (χ2v) is 5.94. The molecule has 0 saturated carbocycles. The maximum absolute atomic E-state index is 12.5. The van der Waals surface area contributed by atoms with E-state index < -0.39 is 17.0 Å². The molecule has 1 aromatic heterocycles. The minimum absolute atomic E-state index is 0.0204. The average Bonchev–Trinajstić information content (AvgIpc) is 2.99. The van der Waals surface area contributed by atoms with E-state index in [4.69, 9.17) is 49.4 Å². The highest BCUT2D eigenvalue weighted by atomic mass is 35.5. The second kappa shape index (κ2) is 5.30. The fraction of sp³-hybridized carbons (Fsp3) is 0.154. The Morgan fingerprint density at radius 2 is 1.96 bits per heavy atom. The summed E-state index contributed by atoms with van der Waals surface area (Å²) in [4.78, 5) is 23.6. The minimum atomic E-state index is -2.42. The molecule has 1 unspecified atom stereocenters. The molecule has 1 N–H and O–H groups in total. The van der Waals surface area contributed by atoms with Crippen LogP contribution in [0, 0.1) is 0 Å². The number of halogens is 3. The van der Waals surface area contributed by atoms with Crippen LogP contribution >= 0.6 is 34.8 Å². The van der Waals surface area contributed by atoms with Crippen molar-refractivity contribution in [3.63, 3.8) is 0 Å². The number of hydrogen-bond donors (Lipinski definition) is 1. The van der Waals surface area contributed by atoms with Crippen LogP contribution in [0.1, 0.15) is 16.1 Å². The summed E-state index contributed by atoms with van der Waals surface area (Å²) in [5.41, 5.74) is 0.270. The number of aliphatic carboxylic acids is 1. The molecule has 1 aromatic carbocycles. The summed E-state index contributed by atoms with van der Waals surface area (Å²) in [6.07, 6.45) is 1.33.